The largest absolute Gasteiger partial charge is 0.494 e. The van der Waals surface area contributed by atoms with E-state index in [1.807, 2.05) is 13.0 Å². The van der Waals surface area contributed by atoms with Gasteiger partial charge in [-0.3, -0.25) is 10.2 Å². The van der Waals surface area contributed by atoms with Crippen LogP contribution in [0.1, 0.15) is 60.7 Å². The number of carbonyl (C=O) groups excluding carboxylic acids is 1. The molecule has 0 amide bonds. The monoisotopic (exact) mass is 471 g/mol. The fourth-order valence-electron chi connectivity index (χ4n) is 4.25. The number of hydrogen-bond donors (Lipinski definition) is 2. The second-order valence-electron chi connectivity index (χ2n) is 8.12. The smallest absolute Gasteiger partial charge is 0.197 e. The van der Waals surface area contributed by atoms with Gasteiger partial charge in [0.15, 0.2) is 23.1 Å². The zero-order valence-corrected chi connectivity index (χ0v) is 20.6. The summed E-state index contributed by atoms with van der Waals surface area (Å²) in [5, 5.41) is 11.7. The lowest BCUT2D eigenvalue weighted by Crippen LogP contribution is -2.30. The van der Waals surface area contributed by atoms with E-state index in [9.17, 15) is 4.79 Å². The number of fused-ring (bicyclic) bond motifs is 1. The van der Waals surface area contributed by atoms with Crippen molar-refractivity contribution in [1.29, 1.82) is 5.41 Å². The third-order valence-electron chi connectivity index (χ3n) is 5.87. The highest BCUT2D eigenvalue weighted by molar-refractivity contribution is 6.06. The first kappa shape index (κ1) is 25.3. The first-order chi connectivity index (χ1) is 16.4. The number of hydrogen-bond acceptors (Lipinski definition) is 6. The van der Waals surface area contributed by atoms with Crippen molar-refractivity contribution in [3.8, 4) is 17.2 Å². The summed E-state index contributed by atoms with van der Waals surface area (Å²) in [6, 6.07) is 5.34. The molecular formula is C26H34FN3O4. The van der Waals surface area contributed by atoms with Crippen LogP contribution in [0.3, 0.4) is 0 Å². The molecule has 0 atom stereocenters. The third-order valence-corrected chi connectivity index (χ3v) is 5.87. The second kappa shape index (κ2) is 11.2. The first-order valence-electron chi connectivity index (χ1n) is 11.8. The molecule has 2 aromatic carbocycles. The van der Waals surface area contributed by atoms with Gasteiger partial charge in [0.05, 0.1) is 38.1 Å². The molecule has 0 bridgehead atoms. The molecule has 2 aromatic rings. The van der Waals surface area contributed by atoms with Crippen molar-refractivity contribution in [1.82, 2.24) is 4.90 Å². The Morgan fingerprint density at radius 1 is 1.15 bits per heavy atom. The van der Waals surface area contributed by atoms with E-state index in [0.717, 1.165) is 36.3 Å². The normalized spacial score (nSPS) is 12.5. The average molecular weight is 472 g/mol. The summed E-state index contributed by atoms with van der Waals surface area (Å²) in [5.74, 6) is 0.268. The maximum atomic E-state index is 15.3. The molecule has 2 N–H and O–H groups in total. The van der Waals surface area contributed by atoms with Gasteiger partial charge in [-0.25, -0.2) is 4.39 Å². The van der Waals surface area contributed by atoms with E-state index in [-0.39, 0.29) is 42.6 Å². The zero-order chi connectivity index (χ0) is 24.8. The third kappa shape index (κ3) is 4.95. The summed E-state index contributed by atoms with van der Waals surface area (Å²) in [6.45, 7) is 6.55. The summed E-state index contributed by atoms with van der Waals surface area (Å²) >= 11 is 0. The van der Waals surface area contributed by atoms with Gasteiger partial charge in [0.1, 0.15) is 11.6 Å². The van der Waals surface area contributed by atoms with Gasteiger partial charge in [-0.05, 0) is 56.0 Å². The molecular weight excluding hydrogens is 437 g/mol. The van der Waals surface area contributed by atoms with Crippen molar-refractivity contribution < 1.29 is 23.4 Å². The minimum atomic E-state index is -0.619. The predicted octanol–water partition coefficient (Wildman–Crippen LogP) is 5.04. The van der Waals surface area contributed by atoms with Crippen LogP contribution in [0.5, 0.6) is 17.2 Å². The maximum absolute atomic E-state index is 15.3. The number of anilines is 1. The quantitative estimate of drug-likeness (QED) is 0.422. The summed E-state index contributed by atoms with van der Waals surface area (Å²) in [5.41, 5.74) is 3.01. The highest BCUT2D eigenvalue weighted by Gasteiger charge is 2.33. The van der Waals surface area contributed by atoms with Gasteiger partial charge in [-0.1, -0.05) is 13.3 Å². The summed E-state index contributed by atoms with van der Waals surface area (Å²) in [7, 11) is 3.41. The van der Waals surface area contributed by atoms with Gasteiger partial charge >= 0.3 is 0 Å². The number of methoxy groups -OCH3 is 1. The Bertz CT molecular complexity index is 1070. The van der Waals surface area contributed by atoms with Gasteiger partial charge in [0, 0.05) is 19.2 Å². The van der Waals surface area contributed by atoms with Crippen LogP contribution >= 0.6 is 0 Å². The van der Waals surface area contributed by atoms with Crippen LogP contribution in [-0.2, 0) is 13.0 Å². The molecule has 0 aromatic heterocycles. The second-order valence-corrected chi connectivity index (χ2v) is 8.12. The molecule has 0 fully saturated rings. The first-order valence-corrected chi connectivity index (χ1v) is 11.8. The Kier molecular flexibility index (Phi) is 8.36. The standard InChI is InChI=1S/C26H34FN3O4/c1-6-9-10-16-11-17(12-19(29-4)24(16)32-5)20(31)15-30-14-18-13-21(33-7-2)25(34-8-3)23(27)22(18)26(30)28/h11-13,28-29H,6-10,14-15H2,1-5H3. The number of ketones is 1. The van der Waals surface area contributed by atoms with Crippen molar-refractivity contribution in [2.75, 3.05) is 39.2 Å². The Morgan fingerprint density at radius 3 is 2.50 bits per heavy atom. The van der Waals surface area contributed by atoms with Crippen molar-refractivity contribution in [3.63, 3.8) is 0 Å². The van der Waals surface area contributed by atoms with Gasteiger partial charge in [0.25, 0.3) is 0 Å². The van der Waals surface area contributed by atoms with Gasteiger partial charge in [0.2, 0.25) is 0 Å². The lowest BCUT2D eigenvalue weighted by atomic mass is 10.00. The van der Waals surface area contributed by atoms with Crippen LogP contribution in [0, 0.1) is 11.2 Å². The number of benzene rings is 2. The van der Waals surface area contributed by atoms with Gasteiger partial charge in [-0.2, -0.15) is 0 Å². The van der Waals surface area contributed by atoms with Crippen molar-refractivity contribution >= 4 is 17.3 Å². The molecule has 0 unspecified atom stereocenters. The molecule has 1 heterocycles. The van der Waals surface area contributed by atoms with Crippen LogP contribution in [0.4, 0.5) is 10.1 Å². The van der Waals surface area contributed by atoms with Crippen LogP contribution < -0.4 is 19.5 Å². The van der Waals surface area contributed by atoms with Crippen molar-refractivity contribution in [2.24, 2.45) is 0 Å². The number of aryl methyl sites for hydroxylation is 1. The fourth-order valence-corrected chi connectivity index (χ4v) is 4.25. The maximum Gasteiger partial charge on any atom is 0.197 e. The molecule has 0 saturated carbocycles. The Balaban J connectivity index is 1.89. The minimum absolute atomic E-state index is 0.00964. The van der Waals surface area contributed by atoms with Crippen molar-refractivity contribution in [2.45, 2.75) is 46.6 Å². The number of unbranched alkanes of at least 4 members (excludes halogenated alkanes) is 1. The molecule has 7 nitrogen and oxygen atoms in total. The van der Waals surface area contributed by atoms with E-state index in [0.29, 0.717) is 23.5 Å². The van der Waals surface area contributed by atoms with Crippen LogP contribution in [0.15, 0.2) is 18.2 Å². The molecule has 0 radical (unpaired) electrons. The predicted molar refractivity (Wildman–Crippen MR) is 131 cm³/mol. The zero-order valence-electron chi connectivity index (χ0n) is 20.6. The van der Waals surface area contributed by atoms with E-state index >= 15 is 4.39 Å². The summed E-state index contributed by atoms with van der Waals surface area (Å²) < 4.78 is 31.9. The Hall–Kier alpha value is -3.29. The molecule has 3 rings (SSSR count). The minimum Gasteiger partial charge on any atom is -0.494 e. The highest BCUT2D eigenvalue weighted by Crippen LogP contribution is 2.39. The van der Waals surface area contributed by atoms with E-state index in [1.54, 1.807) is 38.1 Å². The van der Waals surface area contributed by atoms with E-state index < -0.39 is 5.82 Å². The molecule has 34 heavy (non-hydrogen) atoms. The number of Topliss-reactive ketones (excluding diaryl/α,β-unsaturated/α-hetero) is 1. The molecule has 8 heteroatoms. The summed E-state index contributed by atoms with van der Waals surface area (Å²) in [6.07, 6.45) is 2.80. The van der Waals surface area contributed by atoms with Gasteiger partial charge in [-0.15, -0.1) is 0 Å². The number of halogens is 1. The number of amidine groups is 1. The SMILES string of the molecule is CCCCc1cc(C(=O)CN2Cc3cc(OCC)c(OCC)c(F)c3C2=N)cc(NC)c1OC. The topological polar surface area (TPSA) is 83.9 Å². The highest BCUT2D eigenvalue weighted by atomic mass is 19.1. The summed E-state index contributed by atoms with van der Waals surface area (Å²) in [4.78, 5) is 14.8. The lowest BCUT2D eigenvalue weighted by molar-refractivity contribution is 0.0962. The molecule has 184 valence electrons. The van der Waals surface area contributed by atoms with Gasteiger partial charge < -0.3 is 24.4 Å². The molecule has 0 aliphatic carbocycles. The lowest BCUT2D eigenvalue weighted by Gasteiger charge is -2.19. The molecule has 0 spiro atoms. The number of nitrogens with zero attached hydrogens (tertiary/aromatic N) is 1. The fraction of sp³-hybridized carbons (Fsp3) is 0.462. The number of carbonyl (C=O) groups is 1. The number of rotatable bonds is 12. The van der Waals surface area contributed by atoms with E-state index in [4.69, 9.17) is 19.6 Å². The van der Waals surface area contributed by atoms with E-state index in [1.165, 1.54) is 0 Å². The Morgan fingerprint density at radius 2 is 1.88 bits per heavy atom. The molecule has 0 saturated heterocycles. The van der Waals surface area contributed by atoms with Crippen LogP contribution in [0.25, 0.3) is 0 Å². The van der Waals surface area contributed by atoms with Crippen molar-refractivity contribution in [3.05, 3.63) is 46.3 Å². The number of nitrogens with one attached hydrogen (secondary N) is 2. The average Bonchev–Trinajstić information content (AvgIpc) is 3.14. The van der Waals surface area contributed by atoms with Crippen LogP contribution in [0.2, 0.25) is 0 Å². The molecule has 1 aliphatic rings. The molecule has 1 aliphatic heterocycles. The van der Waals surface area contributed by atoms with Crippen LogP contribution in [-0.4, -0.2) is 50.4 Å². The van der Waals surface area contributed by atoms with E-state index in [2.05, 4.69) is 12.2 Å². The Labute approximate surface area is 200 Å². The number of ether oxygens (including phenoxy) is 3.